The van der Waals surface area contributed by atoms with Crippen LogP contribution in [-0.2, 0) is 0 Å². The van der Waals surface area contributed by atoms with Gasteiger partial charge in [0.15, 0.2) is 0 Å². The lowest BCUT2D eigenvalue weighted by molar-refractivity contribution is 1.18. The smallest absolute Gasteiger partial charge is 0.223 e. The Balaban J connectivity index is 1.38. The summed E-state index contributed by atoms with van der Waals surface area (Å²) in [6.45, 7) is 0. The van der Waals surface area contributed by atoms with Crippen LogP contribution in [0.2, 0.25) is 5.28 Å². The molecule has 44 heavy (non-hydrogen) atoms. The SMILES string of the molecule is [2H]c1c([2H])c(-n2c3ccccc3c3c4ccccc4c4c5ccccc5sc4c32)c([2H])c([2H])c1-c1nc(Cl)nc2c1sc1ccccc12. The Morgan fingerprint density at radius 2 is 1.18 bits per heavy atom. The van der Waals surface area contributed by atoms with Crippen molar-refractivity contribution in [3.63, 3.8) is 0 Å². The molecule has 10 rings (SSSR count). The van der Waals surface area contributed by atoms with Crippen LogP contribution in [0.25, 0.3) is 90.0 Å². The maximum atomic E-state index is 9.52. The number of fused-ring (bicyclic) bond motifs is 13. The van der Waals surface area contributed by atoms with Gasteiger partial charge < -0.3 is 4.57 Å². The molecule has 0 atom stereocenters. The van der Waals surface area contributed by atoms with Crippen molar-refractivity contribution in [1.29, 1.82) is 0 Å². The van der Waals surface area contributed by atoms with Crippen molar-refractivity contribution in [3.8, 4) is 16.9 Å². The summed E-state index contributed by atoms with van der Waals surface area (Å²) < 4.78 is 43.6. The lowest BCUT2D eigenvalue weighted by Crippen LogP contribution is -1.95. The van der Waals surface area contributed by atoms with Crippen molar-refractivity contribution < 1.29 is 5.48 Å². The molecular weight excluding hydrogens is 598 g/mol. The van der Waals surface area contributed by atoms with E-state index in [1.54, 1.807) is 11.3 Å². The minimum Gasteiger partial charge on any atom is -0.308 e. The van der Waals surface area contributed by atoms with Gasteiger partial charge >= 0.3 is 0 Å². The van der Waals surface area contributed by atoms with Crippen LogP contribution in [0, 0.1) is 0 Å². The third kappa shape index (κ3) is 3.32. The van der Waals surface area contributed by atoms with Gasteiger partial charge in [0.2, 0.25) is 5.28 Å². The van der Waals surface area contributed by atoms with Crippen LogP contribution in [-0.4, -0.2) is 14.5 Å². The highest BCUT2D eigenvalue weighted by molar-refractivity contribution is 7.27. The largest absolute Gasteiger partial charge is 0.308 e. The van der Waals surface area contributed by atoms with E-state index in [1.165, 1.54) is 11.3 Å². The van der Waals surface area contributed by atoms with Crippen LogP contribution in [0.15, 0.2) is 121 Å². The molecule has 206 valence electrons. The summed E-state index contributed by atoms with van der Waals surface area (Å²) >= 11 is 9.60. The summed E-state index contributed by atoms with van der Waals surface area (Å²) in [5, 5.41) is 7.39. The number of rotatable bonds is 2. The van der Waals surface area contributed by atoms with Gasteiger partial charge in [0.25, 0.3) is 0 Å². The molecule has 6 aromatic carbocycles. The van der Waals surface area contributed by atoms with Gasteiger partial charge in [0.05, 0.1) is 37.1 Å². The van der Waals surface area contributed by atoms with E-state index in [0.29, 0.717) is 15.9 Å². The Bertz CT molecular complexity index is 3010. The Morgan fingerprint density at radius 3 is 1.95 bits per heavy atom. The molecule has 0 bridgehead atoms. The van der Waals surface area contributed by atoms with Crippen LogP contribution in [0.1, 0.15) is 5.48 Å². The van der Waals surface area contributed by atoms with Crippen molar-refractivity contribution in [2.75, 3.05) is 0 Å². The van der Waals surface area contributed by atoms with E-state index < -0.39 is 0 Å². The summed E-state index contributed by atoms with van der Waals surface area (Å²) in [6, 6.07) is 31.9. The van der Waals surface area contributed by atoms with E-state index in [-0.39, 0.29) is 40.7 Å². The molecule has 0 radical (unpaired) electrons. The molecule has 0 aliphatic carbocycles. The third-order valence-corrected chi connectivity index (χ3v) is 10.9. The third-order valence-electron chi connectivity index (χ3n) is 8.42. The standard InChI is InChI=1S/C38H20ClN3S2/c39-38-40-33(37-34(41-38)27-13-5-8-16-30(27)44-37)21-17-19-22(20-18-21)42-28-14-6-3-11-25(28)31-23-9-1-2-10-24(23)32-26-12-4-7-15-29(26)43-36(32)35(31)42/h1-20H/i17D,18D,19D,20D. The first-order valence-corrected chi connectivity index (χ1v) is 16.1. The van der Waals surface area contributed by atoms with Gasteiger partial charge in [-0.1, -0.05) is 90.9 Å². The van der Waals surface area contributed by atoms with E-state index in [1.807, 2.05) is 59.2 Å². The highest BCUT2D eigenvalue weighted by atomic mass is 35.5. The molecule has 0 N–H and O–H groups in total. The zero-order chi connectivity index (χ0) is 32.4. The molecule has 4 heterocycles. The normalized spacial score (nSPS) is 13.5. The van der Waals surface area contributed by atoms with Crippen LogP contribution in [0.4, 0.5) is 0 Å². The molecule has 0 amide bonds. The Labute approximate surface area is 269 Å². The van der Waals surface area contributed by atoms with Crippen LogP contribution in [0.3, 0.4) is 0 Å². The average Bonchev–Trinajstić information content (AvgIpc) is 3.78. The molecule has 0 unspecified atom stereocenters. The topological polar surface area (TPSA) is 30.7 Å². The van der Waals surface area contributed by atoms with Crippen LogP contribution in [0.5, 0.6) is 0 Å². The van der Waals surface area contributed by atoms with E-state index in [9.17, 15) is 5.48 Å². The summed E-state index contributed by atoms with van der Waals surface area (Å²) in [7, 11) is 0. The molecule has 0 spiro atoms. The first-order valence-electron chi connectivity index (χ1n) is 16.1. The summed E-state index contributed by atoms with van der Waals surface area (Å²) in [5.74, 6) is 0. The minimum atomic E-state index is -0.182. The quantitative estimate of drug-likeness (QED) is 0.180. The number of para-hydroxylation sites is 1. The molecule has 10 aromatic rings. The molecule has 6 heteroatoms. The fourth-order valence-corrected chi connectivity index (χ4v) is 9.19. The molecule has 0 saturated heterocycles. The van der Waals surface area contributed by atoms with Crippen LogP contribution < -0.4 is 0 Å². The van der Waals surface area contributed by atoms with Crippen molar-refractivity contribution in [2.45, 2.75) is 0 Å². The van der Waals surface area contributed by atoms with E-state index in [2.05, 4.69) is 52.4 Å². The second kappa shape index (κ2) is 9.10. The summed E-state index contributed by atoms with van der Waals surface area (Å²) in [4.78, 5) is 9.01. The van der Waals surface area contributed by atoms with E-state index in [0.717, 1.165) is 62.8 Å². The lowest BCUT2D eigenvalue weighted by atomic mass is 9.99. The molecule has 3 nitrogen and oxygen atoms in total. The highest BCUT2D eigenvalue weighted by Gasteiger charge is 2.22. The Hall–Kier alpha value is -4.81. The first kappa shape index (κ1) is 21.0. The fraction of sp³-hybridized carbons (Fsp3) is 0. The average molecular weight is 622 g/mol. The molecule has 0 aliphatic rings. The second-order valence-corrected chi connectivity index (χ2v) is 13.2. The molecular formula is C38H20ClN3S2. The van der Waals surface area contributed by atoms with Gasteiger partial charge in [-0.3, -0.25) is 0 Å². The Morgan fingerprint density at radius 1 is 0.591 bits per heavy atom. The summed E-state index contributed by atoms with van der Waals surface area (Å²) in [6.07, 6.45) is 0. The predicted octanol–water partition coefficient (Wildman–Crippen LogP) is 11.8. The summed E-state index contributed by atoms with van der Waals surface area (Å²) in [5.41, 5.74) is 2.92. The maximum Gasteiger partial charge on any atom is 0.223 e. The van der Waals surface area contributed by atoms with Gasteiger partial charge in [0, 0.05) is 47.6 Å². The number of thiophene rings is 2. The van der Waals surface area contributed by atoms with E-state index >= 15 is 0 Å². The van der Waals surface area contributed by atoms with Gasteiger partial charge in [-0.2, -0.15) is 0 Å². The zero-order valence-corrected chi connectivity index (χ0v) is 25.2. The van der Waals surface area contributed by atoms with Crippen LogP contribution >= 0.6 is 34.3 Å². The number of aromatic nitrogens is 3. The van der Waals surface area contributed by atoms with Crippen molar-refractivity contribution in [3.05, 3.63) is 127 Å². The number of halogens is 1. The van der Waals surface area contributed by atoms with Gasteiger partial charge in [-0.25, -0.2) is 9.97 Å². The van der Waals surface area contributed by atoms with Crippen molar-refractivity contribution in [1.82, 2.24) is 14.5 Å². The number of benzene rings is 6. The number of nitrogens with zero attached hydrogens (tertiary/aromatic N) is 3. The molecule has 0 aliphatic heterocycles. The van der Waals surface area contributed by atoms with Gasteiger partial charge in [0.1, 0.15) is 0 Å². The maximum absolute atomic E-state index is 9.52. The molecule has 0 fully saturated rings. The highest BCUT2D eigenvalue weighted by Crippen LogP contribution is 2.48. The monoisotopic (exact) mass is 621 g/mol. The lowest BCUT2D eigenvalue weighted by Gasteiger charge is -2.11. The molecule has 4 aromatic heterocycles. The second-order valence-electron chi connectivity index (χ2n) is 10.8. The Kier molecular flexibility index (Phi) is 4.34. The van der Waals surface area contributed by atoms with Crippen molar-refractivity contribution >= 4 is 107 Å². The van der Waals surface area contributed by atoms with Gasteiger partial charge in [-0.15, -0.1) is 22.7 Å². The van der Waals surface area contributed by atoms with E-state index in [4.69, 9.17) is 11.6 Å². The minimum absolute atomic E-state index is 0.0107. The first-order chi connectivity index (χ1) is 23.4. The number of hydrogen-bond donors (Lipinski definition) is 0. The molecule has 0 saturated carbocycles. The zero-order valence-electron chi connectivity index (χ0n) is 26.8. The number of hydrogen-bond acceptors (Lipinski definition) is 4. The van der Waals surface area contributed by atoms with Gasteiger partial charge in [-0.05, 0) is 52.7 Å². The van der Waals surface area contributed by atoms with Crippen molar-refractivity contribution in [2.24, 2.45) is 0 Å². The fourth-order valence-electron chi connectivity index (χ4n) is 6.63. The predicted molar refractivity (Wildman–Crippen MR) is 190 cm³/mol.